The third-order valence-electron chi connectivity index (χ3n) is 7.40. The van der Waals surface area contributed by atoms with Crippen molar-refractivity contribution in [1.82, 2.24) is 20.1 Å². The molecule has 0 aliphatic heterocycles. The molecule has 5 rings (SSSR count). The van der Waals surface area contributed by atoms with Crippen LogP contribution in [0.1, 0.15) is 44.9 Å². The van der Waals surface area contributed by atoms with Gasteiger partial charge in [-0.1, -0.05) is 20.8 Å². The van der Waals surface area contributed by atoms with Crippen molar-refractivity contribution in [3.8, 4) is 6.07 Å². The van der Waals surface area contributed by atoms with Crippen LogP contribution in [-0.4, -0.2) is 26.7 Å². The van der Waals surface area contributed by atoms with Crippen molar-refractivity contribution in [3.63, 3.8) is 0 Å². The molecular formula is C23H27BrN6O2. The van der Waals surface area contributed by atoms with Gasteiger partial charge in [0, 0.05) is 18.8 Å². The zero-order chi connectivity index (χ0) is 23.0. The highest BCUT2D eigenvalue weighted by molar-refractivity contribution is 9.10. The van der Waals surface area contributed by atoms with Crippen LogP contribution >= 0.6 is 15.9 Å². The number of nitrogens with one attached hydrogen (secondary N) is 2. The topological polar surface area (TPSA) is 113 Å². The fraction of sp³-hybridized carbons (Fsp3) is 0.522. The number of nitrogens with zero attached hydrogens (tertiary/aromatic N) is 4. The monoisotopic (exact) mass is 498 g/mol. The third kappa shape index (κ3) is 4.16. The molecule has 0 spiro atoms. The van der Waals surface area contributed by atoms with E-state index in [0.29, 0.717) is 39.4 Å². The van der Waals surface area contributed by atoms with Gasteiger partial charge < -0.3 is 10.6 Å². The number of anilines is 1. The fourth-order valence-corrected chi connectivity index (χ4v) is 5.68. The minimum atomic E-state index is -0.352. The predicted octanol–water partition coefficient (Wildman–Crippen LogP) is 3.07. The van der Waals surface area contributed by atoms with Gasteiger partial charge >= 0.3 is 0 Å². The minimum absolute atomic E-state index is 0.188. The van der Waals surface area contributed by atoms with Gasteiger partial charge in [-0.3, -0.25) is 9.59 Å². The van der Waals surface area contributed by atoms with Gasteiger partial charge in [-0.05, 0) is 69.6 Å². The second kappa shape index (κ2) is 8.66. The van der Waals surface area contributed by atoms with Crippen LogP contribution in [0.15, 0.2) is 33.8 Å². The van der Waals surface area contributed by atoms with Gasteiger partial charge in [0.2, 0.25) is 5.91 Å². The van der Waals surface area contributed by atoms with Crippen LogP contribution in [-0.2, 0) is 17.9 Å². The lowest BCUT2D eigenvalue weighted by Gasteiger charge is -2.62. The second-order valence-corrected chi connectivity index (χ2v) is 10.3. The number of aromatic nitrogens is 3. The van der Waals surface area contributed by atoms with Crippen LogP contribution in [0.25, 0.3) is 0 Å². The number of halogens is 1. The van der Waals surface area contributed by atoms with Crippen molar-refractivity contribution in [1.29, 1.82) is 5.26 Å². The molecule has 9 heteroatoms. The summed E-state index contributed by atoms with van der Waals surface area (Å²) in [5.74, 6) is 1.58. The molecule has 2 N–H and O–H groups in total. The molecule has 0 unspecified atom stereocenters. The Morgan fingerprint density at radius 2 is 2.19 bits per heavy atom. The normalized spacial score (nSPS) is 25.3. The molecule has 168 valence electrons. The Morgan fingerprint density at radius 1 is 1.41 bits per heavy atom. The summed E-state index contributed by atoms with van der Waals surface area (Å²) in [5.41, 5.74) is 1.76. The van der Waals surface area contributed by atoms with E-state index >= 15 is 0 Å². The van der Waals surface area contributed by atoms with E-state index in [1.54, 1.807) is 18.3 Å². The van der Waals surface area contributed by atoms with Crippen molar-refractivity contribution in [3.05, 3.63) is 50.6 Å². The molecule has 2 bridgehead atoms. The van der Waals surface area contributed by atoms with E-state index < -0.39 is 0 Å². The van der Waals surface area contributed by atoms with Crippen LogP contribution in [0.3, 0.4) is 0 Å². The van der Waals surface area contributed by atoms with Crippen LogP contribution in [0, 0.1) is 34.5 Å². The van der Waals surface area contributed by atoms with Crippen molar-refractivity contribution in [2.45, 2.75) is 52.7 Å². The van der Waals surface area contributed by atoms with Crippen LogP contribution < -0.4 is 16.2 Å². The smallest absolute Gasteiger partial charge is 0.283 e. The first-order valence-corrected chi connectivity index (χ1v) is 11.6. The average Bonchev–Trinajstić information content (AvgIpc) is 2.78. The summed E-state index contributed by atoms with van der Waals surface area (Å²) in [6, 6.07) is 5.60. The molecule has 0 saturated heterocycles. The number of hydrogen-bond donors (Lipinski definition) is 2. The Morgan fingerprint density at radius 3 is 2.88 bits per heavy atom. The molecule has 3 saturated carbocycles. The Hall–Kier alpha value is -2.73. The van der Waals surface area contributed by atoms with E-state index in [1.807, 2.05) is 6.07 Å². The fourth-order valence-electron chi connectivity index (χ4n) is 5.26. The SMILES string of the molecule is C[C@H]1[C@H](Nc2cnn(CC(=O)NCc3ccnc(C#N)c3)c(=O)c2Br)C[C@H]2C[C@@H]1C2(C)C. The van der Waals surface area contributed by atoms with E-state index in [1.165, 1.54) is 12.6 Å². The number of rotatable bonds is 6. The molecule has 8 nitrogen and oxygen atoms in total. The van der Waals surface area contributed by atoms with Crippen LogP contribution in [0.5, 0.6) is 0 Å². The van der Waals surface area contributed by atoms with E-state index in [2.05, 4.69) is 57.4 Å². The van der Waals surface area contributed by atoms with Gasteiger partial charge in [0.05, 0.1) is 11.9 Å². The van der Waals surface area contributed by atoms with E-state index in [-0.39, 0.29) is 30.2 Å². The standard InChI is InChI=1S/C23H27BrN6O2/c1-13-17-7-15(23(17,2)3)8-18(13)29-19-11-28-30(22(32)21(19)24)12-20(31)27-10-14-4-5-26-16(6-14)9-25/h4-6,11,13,15,17-18,29H,7-8,10,12H2,1-3H3,(H,27,31)/t13-,15-,17+,18-/m1/s1. The highest BCUT2D eigenvalue weighted by Gasteiger charge is 2.56. The Bertz CT molecular complexity index is 1140. The molecule has 0 aromatic carbocycles. The zero-order valence-corrected chi connectivity index (χ0v) is 20.0. The largest absolute Gasteiger partial charge is 0.380 e. The molecule has 0 radical (unpaired) electrons. The molecule has 3 aliphatic rings. The number of carbonyl (C=O) groups excluding carboxylic acids is 1. The second-order valence-electron chi connectivity index (χ2n) is 9.48. The molecule has 32 heavy (non-hydrogen) atoms. The number of amides is 1. The maximum Gasteiger partial charge on any atom is 0.283 e. The average molecular weight is 499 g/mol. The highest BCUT2D eigenvalue weighted by atomic mass is 79.9. The molecule has 4 atom stereocenters. The van der Waals surface area contributed by atoms with Gasteiger partial charge in [-0.25, -0.2) is 9.67 Å². The van der Waals surface area contributed by atoms with Gasteiger partial charge in [-0.2, -0.15) is 10.4 Å². The summed E-state index contributed by atoms with van der Waals surface area (Å²) in [4.78, 5) is 29.0. The van der Waals surface area contributed by atoms with Gasteiger partial charge in [-0.15, -0.1) is 0 Å². The number of nitriles is 1. The Balaban J connectivity index is 1.38. The summed E-state index contributed by atoms with van der Waals surface area (Å²) in [7, 11) is 0. The summed E-state index contributed by atoms with van der Waals surface area (Å²) in [6.07, 6.45) is 5.51. The van der Waals surface area contributed by atoms with Gasteiger partial charge in [0.15, 0.2) is 0 Å². The first-order chi connectivity index (χ1) is 15.2. The lowest BCUT2D eigenvalue weighted by molar-refractivity contribution is -0.122. The van der Waals surface area contributed by atoms with E-state index in [9.17, 15) is 9.59 Å². The number of carbonyl (C=O) groups is 1. The molecule has 2 aromatic heterocycles. The predicted molar refractivity (Wildman–Crippen MR) is 124 cm³/mol. The van der Waals surface area contributed by atoms with E-state index in [4.69, 9.17) is 5.26 Å². The summed E-state index contributed by atoms with van der Waals surface area (Å²) in [6.45, 7) is 7.06. The van der Waals surface area contributed by atoms with Crippen LogP contribution in [0.4, 0.5) is 5.69 Å². The molecule has 1 amide bonds. The number of hydrogen-bond acceptors (Lipinski definition) is 6. The maximum atomic E-state index is 12.8. The number of fused-ring (bicyclic) bond motifs is 2. The molecule has 2 heterocycles. The quantitative estimate of drug-likeness (QED) is 0.632. The lowest BCUT2D eigenvalue weighted by atomic mass is 9.45. The summed E-state index contributed by atoms with van der Waals surface area (Å²) >= 11 is 3.40. The summed E-state index contributed by atoms with van der Waals surface area (Å²) < 4.78 is 1.53. The van der Waals surface area contributed by atoms with Gasteiger partial charge in [0.1, 0.15) is 22.8 Å². The minimum Gasteiger partial charge on any atom is -0.380 e. The van der Waals surface area contributed by atoms with Crippen molar-refractivity contribution < 1.29 is 4.79 Å². The number of pyridine rings is 1. The van der Waals surface area contributed by atoms with Crippen molar-refractivity contribution >= 4 is 27.5 Å². The molecular weight excluding hydrogens is 472 g/mol. The maximum absolute atomic E-state index is 12.8. The molecule has 2 aromatic rings. The van der Waals surface area contributed by atoms with E-state index in [0.717, 1.165) is 16.7 Å². The highest BCUT2D eigenvalue weighted by Crippen LogP contribution is 2.61. The van der Waals surface area contributed by atoms with Crippen molar-refractivity contribution in [2.24, 2.45) is 23.2 Å². The zero-order valence-electron chi connectivity index (χ0n) is 18.4. The van der Waals surface area contributed by atoms with Gasteiger partial charge in [0.25, 0.3) is 5.56 Å². The van der Waals surface area contributed by atoms with Crippen LogP contribution in [0.2, 0.25) is 0 Å². The molecule has 3 fully saturated rings. The first kappa shape index (κ1) is 22.5. The third-order valence-corrected chi connectivity index (χ3v) is 8.17. The molecule has 3 aliphatic carbocycles. The summed E-state index contributed by atoms with van der Waals surface area (Å²) in [5, 5.41) is 19.4. The van der Waals surface area contributed by atoms with Crippen molar-refractivity contribution in [2.75, 3.05) is 5.32 Å². The lowest BCUT2D eigenvalue weighted by Crippen LogP contribution is -2.58. The first-order valence-electron chi connectivity index (χ1n) is 10.8. The Labute approximate surface area is 195 Å². The Kier molecular flexibility index (Phi) is 6.08.